The predicted octanol–water partition coefficient (Wildman–Crippen LogP) is 0.115. The van der Waals surface area contributed by atoms with Crippen molar-refractivity contribution < 1.29 is 21.6 Å². The van der Waals surface area contributed by atoms with Crippen LogP contribution in [0.1, 0.15) is 11.1 Å². The Balaban J connectivity index is 1.86. The van der Waals surface area contributed by atoms with Crippen LogP contribution < -0.4 is 11.1 Å². The summed E-state index contributed by atoms with van der Waals surface area (Å²) in [5, 5.41) is 4.26. The molecule has 12 heteroatoms. The van der Waals surface area contributed by atoms with Gasteiger partial charge in [-0.05, 0) is 22.6 Å². The first-order valence-electron chi connectivity index (χ1n) is 8.72. The van der Waals surface area contributed by atoms with Crippen LogP contribution in [0.5, 0.6) is 0 Å². The standard InChI is InChI=1S/C17H22N4O5S3/c1-28(23,24)20-7-8-21(29(25,26)15-6-3-9-27-15)17(20)16(22)19-12-14-5-2-4-13(10-14)11-18/h2-6,9-10,17H,7-8,11-12,18H2,1H3,(H,19,22). The molecule has 0 bridgehead atoms. The van der Waals surface area contributed by atoms with Gasteiger partial charge in [0.05, 0.1) is 6.26 Å². The predicted molar refractivity (Wildman–Crippen MR) is 110 cm³/mol. The van der Waals surface area contributed by atoms with Gasteiger partial charge in [0, 0.05) is 26.2 Å². The van der Waals surface area contributed by atoms with Gasteiger partial charge in [-0.3, -0.25) is 4.79 Å². The van der Waals surface area contributed by atoms with Crippen LogP contribution in [0.3, 0.4) is 0 Å². The maximum absolute atomic E-state index is 13.0. The third-order valence-corrected chi connectivity index (χ3v) is 8.96. The fourth-order valence-corrected chi connectivity index (χ4v) is 6.83. The molecule has 0 saturated carbocycles. The number of carbonyl (C=O) groups is 1. The second-order valence-electron chi connectivity index (χ2n) is 6.54. The lowest BCUT2D eigenvalue weighted by molar-refractivity contribution is -0.126. The average molecular weight is 459 g/mol. The fraction of sp³-hybridized carbons (Fsp3) is 0.353. The molecule has 158 valence electrons. The lowest BCUT2D eigenvalue weighted by Crippen LogP contribution is -2.53. The molecule has 1 amide bonds. The van der Waals surface area contributed by atoms with Gasteiger partial charge < -0.3 is 11.1 Å². The van der Waals surface area contributed by atoms with Gasteiger partial charge >= 0.3 is 0 Å². The number of benzene rings is 1. The monoisotopic (exact) mass is 458 g/mol. The molecule has 1 atom stereocenters. The van der Waals surface area contributed by atoms with E-state index in [1.165, 1.54) is 6.07 Å². The molecule has 1 aliphatic heterocycles. The molecule has 2 heterocycles. The number of hydrogen-bond acceptors (Lipinski definition) is 7. The van der Waals surface area contributed by atoms with Gasteiger partial charge in [-0.25, -0.2) is 16.8 Å². The van der Waals surface area contributed by atoms with E-state index in [0.717, 1.165) is 37.3 Å². The highest BCUT2D eigenvalue weighted by Crippen LogP contribution is 2.28. The largest absolute Gasteiger partial charge is 0.349 e. The maximum Gasteiger partial charge on any atom is 0.254 e. The van der Waals surface area contributed by atoms with Crippen LogP contribution in [0, 0.1) is 0 Å². The van der Waals surface area contributed by atoms with Gasteiger partial charge in [0.15, 0.2) is 6.17 Å². The molecule has 1 fully saturated rings. The van der Waals surface area contributed by atoms with Crippen LogP contribution >= 0.6 is 11.3 Å². The number of thiophene rings is 1. The minimum atomic E-state index is -4.01. The number of sulfonamides is 2. The van der Waals surface area contributed by atoms with E-state index in [1.54, 1.807) is 23.6 Å². The Hall–Kier alpha value is -1.83. The molecule has 0 aliphatic carbocycles. The summed E-state index contributed by atoms with van der Waals surface area (Å²) in [5.41, 5.74) is 7.28. The van der Waals surface area contributed by atoms with Crippen molar-refractivity contribution in [3.63, 3.8) is 0 Å². The summed E-state index contributed by atoms with van der Waals surface area (Å²) < 4.78 is 52.2. The second kappa shape index (κ2) is 8.50. The minimum absolute atomic E-state index is 0.0568. The average Bonchev–Trinajstić information content (AvgIpc) is 3.36. The first-order valence-corrected chi connectivity index (χ1v) is 12.9. The van der Waals surface area contributed by atoms with Crippen molar-refractivity contribution in [2.75, 3.05) is 19.3 Å². The van der Waals surface area contributed by atoms with Gasteiger partial charge in [0.25, 0.3) is 15.9 Å². The second-order valence-corrected chi connectivity index (χ2v) is 11.5. The van der Waals surface area contributed by atoms with Gasteiger partial charge in [0.2, 0.25) is 10.0 Å². The Morgan fingerprint density at radius 1 is 1.14 bits per heavy atom. The molecule has 1 saturated heterocycles. The quantitative estimate of drug-likeness (QED) is 0.606. The summed E-state index contributed by atoms with van der Waals surface area (Å²) in [4.78, 5) is 12.9. The Labute approximate surface area is 174 Å². The van der Waals surface area contributed by atoms with Crippen LogP contribution in [0.2, 0.25) is 0 Å². The molecule has 1 aromatic carbocycles. The van der Waals surface area contributed by atoms with Crippen molar-refractivity contribution in [1.82, 2.24) is 13.9 Å². The first-order chi connectivity index (χ1) is 13.6. The molecule has 3 N–H and O–H groups in total. The molecule has 29 heavy (non-hydrogen) atoms. The third-order valence-electron chi connectivity index (χ3n) is 4.50. The van der Waals surface area contributed by atoms with E-state index in [-0.39, 0.29) is 23.8 Å². The normalized spacial score (nSPS) is 18.8. The first kappa shape index (κ1) is 21.9. The van der Waals surface area contributed by atoms with E-state index in [4.69, 9.17) is 5.73 Å². The van der Waals surface area contributed by atoms with Gasteiger partial charge in [-0.2, -0.15) is 8.61 Å². The number of hydrogen-bond donors (Lipinski definition) is 2. The van der Waals surface area contributed by atoms with Crippen LogP contribution in [0.25, 0.3) is 0 Å². The highest BCUT2D eigenvalue weighted by molar-refractivity contribution is 7.91. The summed E-state index contributed by atoms with van der Waals surface area (Å²) in [7, 11) is -7.81. The van der Waals surface area contributed by atoms with E-state index in [9.17, 15) is 21.6 Å². The zero-order valence-electron chi connectivity index (χ0n) is 15.7. The Kier molecular flexibility index (Phi) is 6.41. The van der Waals surface area contributed by atoms with Crippen LogP contribution in [0.4, 0.5) is 0 Å². The SMILES string of the molecule is CS(=O)(=O)N1CCN(S(=O)(=O)c2cccs2)C1C(=O)NCc1cccc(CN)c1. The van der Waals surface area contributed by atoms with E-state index < -0.39 is 32.1 Å². The summed E-state index contributed by atoms with van der Waals surface area (Å²) in [6.45, 7) is 0.269. The molecule has 0 spiro atoms. The Bertz CT molecular complexity index is 1080. The van der Waals surface area contributed by atoms with Crippen molar-refractivity contribution in [1.29, 1.82) is 0 Å². The number of nitrogens with zero attached hydrogens (tertiary/aromatic N) is 2. The smallest absolute Gasteiger partial charge is 0.254 e. The number of nitrogens with two attached hydrogens (primary N) is 1. The Morgan fingerprint density at radius 3 is 2.45 bits per heavy atom. The molecule has 1 aliphatic rings. The summed E-state index contributed by atoms with van der Waals surface area (Å²) in [6, 6.07) is 10.3. The van der Waals surface area contributed by atoms with Crippen LogP contribution in [-0.2, 0) is 37.9 Å². The number of carbonyl (C=O) groups excluding carboxylic acids is 1. The fourth-order valence-electron chi connectivity index (χ4n) is 3.12. The van der Waals surface area contributed by atoms with Crippen LogP contribution in [0.15, 0.2) is 46.0 Å². The Morgan fingerprint density at radius 2 is 1.83 bits per heavy atom. The van der Waals surface area contributed by atoms with Crippen molar-refractivity contribution in [3.8, 4) is 0 Å². The summed E-state index contributed by atoms with van der Waals surface area (Å²) >= 11 is 1.01. The molecule has 2 aromatic rings. The zero-order valence-corrected chi connectivity index (χ0v) is 18.1. The highest BCUT2D eigenvalue weighted by Gasteiger charge is 2.48. The molecule has 3 rings (SSSR count). The van der Waals surface area contributed by atoms with Gasteiger partial charge in [0.1, 0.15) is 4.21 Å². The van der Waals surface area contributed by atoms with Crippen molar-refractivity contribution in [3.05, 3.63) is 52.9 Å². The minimum Gasteiger partial charge on any atom is -0.349 e. The molecular weight excluding hydrogens is 436 g/mol. The highest BCUT2D eigenvalue weighted by atomic mass is 32.2. The number of amides is 1. The molecule has 1 unspecified atom stereocenters. The molecule has 9 nitrogen and oxygen atoms in total. The van der Waals surface area contributed by atoms with E-state index in [0.29, 0.717) is 6.54 Å². The zero-order chi connectivity index (χ0) is 21.2. The van der Waals surface area contributed by atoms with E-state index >= 15 is 0 Å². The van der Waals surface area contributed by atoms with E-state index in [2.05, 4.69) is 5.32 Å². The summed E-state index contributed by atoms with van der Waals surface area (Å²) in [5.74, 6) is -0.703. The van der Waals surface area contributed by atoms with Gasteiger partial charge in [-0.1, -0.05) is 30.3 Å². The molecule has 1 aromatic heterocycles. The van der Waals surface area contributed by atoms with E-state index in [1.807, 2.05) is 12.1 Å². The topological polar surface area (TPSA) is 130 Å². The van der Waals surface area contributed by atoms with Gasteiger partial charge in [-0.15, -0.1) is 11.3 Å². The molecule has 0 radical (unpaired) electrons. The maximum atomic E-state index is 13.0. The van der Waals surface area contributed by atoms with Crippen molar-refractivity contribution >= 4 is 37.3 Å². The number of nitrogens with one attached hydrogen (secondary N) is 1. The number of rotatable bonds is 7. The lowest BCUT2D eigenvalue weighted by atomic mass is 10.1. The molecular formula is C17H22N4O5S3. The lowest BCUT2D eigenvalue weighted by Gasteiger charge is -2.27. The third kappa shape index (κ3) is 4.68. The van der Waals surface area contributed by atoms with Crippen molar-refractivity contribution in [2.45, 2.75) is 23.5 Å². The van der Waals surface area contributed by atoms with Crippen LogP contribution in [-0.4, -0.2) is 56.9 Å². The summed E-state index contributed by atoms with van der Waals surface area (Å²) in [6.07, 6.45) is -0.519. The van der Waals surface area contributed by atoms with Crippen molar-refractivity contribution in [2.24, 2.45) is 5.73 Å².